The molecule has 13 heavy (non-hydrogen) atoms. The van der Waals surface area contributed by atoms with Gasteiger partial charge in [0.15, 0.2) is 6.29 Å². The van der Waals surface area contributed by atoms with E-state index >= 15 is 0 Å². The Kier molecular flexibility index (Phi) is 3.16. The molecule has 2 rings (SSSR count). The highest BCUT2D eigenvalue weighted by molar-refractivity contribution is 4.74. The second-order valence-electron chi connectivity index (χ2n) is 3.55. The molecular weight excluding hydrogens is 172 g/mol. The van der Waals surface area contributed by atoms with Crippen LogP contribution in [0, 0.1) is 0 Å². The van der Waals surface area contributed by atoms with Crippen LogP contribution in [0.25, 0.3) is 0 Å². The van der Waals surface area contributed by atoms with Crippen molar-refractivity contribution in [2.24, 2.45) is 0 Å². The Balaban J connectivity index is 1.78. The first-order valence-corrected chi connectivity index (χ1v) is 4.89. The Labute approximate surface area is 77.8 Å². The molecule has 0 aromatic rings. The van der Waals surface area contributed by atoms with Crippen LogP contribution in [0.1, 0.15) is 19.3 Å². The van der Waals surface area contributed by atoms with Gasteiger partial charge in [0.05, 0.1) is 12.7 Å². The van der Waals surface area contributed by atoms with Crippen LogP contribution in [0.4, 0.5) is 0 Å². The van der Waals surface area contributed by atoms with E-state index in [2.05, 4.69) is 0 Å². The number of aliphatic hydroxyl groups is 1. The van der Waals surface area contributed by atoms with Gasteiger partial charge >= 0.3 is 0 Å². The first-order chi connectivity index (χ1) is 6.36. The standard InChI is InChI=1S/C9H16O4/c10-7-3-5-11-6-8(7)13-9-2-1-4-12-9/h7-10H,1-6H2. The topological polar surface area (TPSA) is 47.9 Å². The van der Waals surface area contributed by atoms with Gasteiger partial charge in [-0.2, -0.15) is 0 Å². The van der Waals surface area contributed by atoms with Gasteiger partial charge in [-0.3, -0.25) is 0 Å². The normalized spacial score (nSPS) is 40.8. The molecule has 0 bridgehead atoms. The fourth-order valence-electron chi connectivity index (χ4n) is 1.68. The van der Waals surface area contributed by atoms with Crippen molar-refractivity contribution in [3.63, 3.8) is 0 Å². The third-order valence-corrected chi connectivity index (χ3v) is 2.48. The lowest BCUT2D eigenvalue weighted by molar-refractivity contribution is -0.201. The van der Waals surface area contributed by atoms with Gasteiger partial charge < -0.3 is 19.3 Å². The van der Waals surface area contributed by atoms with Crippen LogP contribution in [0.2, 0.25) is 0 Å². The molecule has 76 valence electrons. The number of aliphatic hydroxyl groups excluding tert-OH is 1. The van der Waals surface area contributed by atoms with Gasteiger partial charge in [0.25, 0.3) is 0 Å². The molecule has 1 N–H and O–H groups in total. The molecule has 0 spiro atoms. The van der Waals surface area contributed by atoms with E-state index in [0.717, 1.165) is 19.4 Å². The maximum Gasteiger partial charge on any atom is 0.158 e. The second kappa shape index (κ2) is 4.37. The third kappa shape index (κ3) is 2.40. The van der Waals surface area contributed by atoms with Gasteiger partial charge in [0, 0.05) is 19.6 Å². The van der Waals surface area contributed by atoms with Gasteiger partial charge in [0.1, 0.15) is 6.10 Å². The van der Waals surface area contributed by atoms with E-state index in [1.807, 2.05) is 0 Å². The van der Waals surface area contributed by atoms with Gasteiger partial charge in [0.2, 0.25) is 0 Å². The first-order valence-electron chi connectivity index (χ1n) is 4.89. The number of ether oxygens (including phenoxy) is 3. The summed E-state index contributed by atoms with van der Waals surface area (Å²) >= 11 is 0. The summed E-state index contributed by atoms with van der Waals surface area (Å²) in [5.41, 5.74) is 0. The van der Waals surface area contributed by atoms with E-state index in [4.69, 9.17) is 14.2 Å². The lowest BCUT2D eigenvalue weighted by atomic mass is 10.1. The van der Waals surface area contributed by atoms with E-state index in [9.17, 15) is 5.11 Å². The molecule has 2 saturated heterocycles. The molecule has 4 heteroatoms. The minimum Gasteiger partial charge on any atom is -0.390 e. The Bertz CT molecular complexity index is 156. The van der Waals surface area contributed by atoms with Crippen molar-refractivity contribution < 1.29 is 19.3 Å². The average Bonchev–Trinajstić information content (AvgIpc) is 2.61. The highest BCUT2D eigenvalue weighted by Crippen LogP contribution is 2.19. The van der Waals surface area contributed by atoms with Crippen LogP contribution < -0.4 is 0 Å². The average molecular weight is 188 g/mol. The van der Waals surface area contributed by atoms with Crippen LogP contribution in [-0.2, 0) is 14.2 Å². The molecule has 0 saturated carbocycles. The summed E-state index contributed by atoms with van der Waals surface area (Å²) in [4.78, 5) is 0. The minimum absolute atomic E-state index is 0.124. The molecule has 0 aromatic heterocycles. The van der Waals surface area contributed by atoms with Crippen molar-refractivity contribution in [1.29, 1.82) is 0 Å². The van der Waals surface area contributed by atoms with E-state index in [1.54, 1.807) is 0 Å². The summed E-state index contributed by atoms with van der Waals surface area (Å²) < 4.78 is 16.1. The molecule has 2 aliphatic rings. The van der Waals surface area contributed by atoms with E-state index in [-0.39, 0.29) is 12.4 Å². The maximum atomic E-state index is 9.57. The highest BCUT2D eigenvalue weighted by Gasteiger charge is 2.28. The Morgan fingerprint density at radius 2 is 2.15 bits per heavy atom. The molecular formula is C9H16O4. The van der Waals surface area contributed by atoms with E-state index in [1.165, 1.54) is 0 Å². The zero-order valence-electron chi connectivity index (χ0n) is 7.65. The van der Waals surface area contributed by atoms with Gasteiger partial charge in [-0.1, -0.05) is 0 Å². The Morgan fingerprint density at radius 1 is 1.23 bits per heavy atom. The highest BCUT2D eigenvalue weighted by atomic mass is 16.7. The maximum absolute atomic E-state index is 9.57. The molecule has 3 unspecified atom stereocenters. The van der Waals surface area contributed by atoms with E-state index in [0.29, 0.717) is 19.6 Å². The minimum atomic E-state index is -0.391. The third-order valence-electron chi connectivity index (χ3n) is 2.48. The van der Waals surface area contributed by atoms with Gasteiger partial charge in [-0.05, 0) is 12.8 Å². The van der Waals surface area contributed by atoms with E-state index < -0.39 is 6.10 Å². The molecule has 4 nitrogen and oxygen atoms in total. The number of hydrogen-bond acceptors (Lipinski definition) is 4. The Hall–Kier alpha value is -0.160. The molecule has 0 amide bonds. The van der Waals surface area contributed by atoms with Crippen LogP contribution >= 0.6 is 0 Å². The van der Waals surface area contributed by atoms with Crippen LogP contribution in [0.3, 0.4) is 0 Å². The van der Waals surface area contributed by atoms with Crippen molar-refractivity contribution in [3.8, 4) is 0 Å². The summed E-state index contributed by atoms with van der Waals surface area (Å²) in [6, 6.07) is 0. The molecule has 0 aliphatic carbocycles. The zero-order valence-corrected chi connectivity index (χ0v) is 7.65. The molecule has 2 fully saturated rings. The SMILES string of the molecule is OC1CCOCC1OC1CCCO1. The van der Waals surface area contributed by atoms with Crippen LogP contribution in [0.5, 0.6) is 0 Å². The van der Waals surface area contributed by atoms with Crippen molar-refractivity contribution in [1.82, 2.24) is 0 Å². The fraction of sp³-hybridized carbons (Fsp3) is 1.00. The summed E-state index contributed by atoms with van der Waals surface area (Å²) in [5, 5.41) is 9.57. The summed E-state index contributed by atoms with van der Waals surface area (Å²) in [5.74, 6) is 0. The summed E-state index contributed by atoms with van der Waals surface area (Å²) in [6.45, 7) is 1.89. The monoisotopic (exact) mass is 188 g/mol. The lowest BCUT2D eigenvalue weighted by Crippen LogP contribution is -2.41. The van der Waals surface area contributed by atoms with Crippen LogP contribution in [0.15, 0.2) is 0 Å². The number of rotatable bonds is 2. The molecule has 2 heterocycles. The van der Waals surface area contributed by atoms with Gasteiger partial charge in [-0.15, -0.1) is 0 Å². The summed E-state index contributed by atoms with van der Waals surface area (Å²) in [6.07, 6.45) is 1.94. The predicted octanol–water partition coefficient (Wildman–Crippen LogP) is 0.289. The van der Waals surface area contributed by atoms with Crippen molar-refractivity contribution in [2.45, 2.75) is 37.8 Å². The largest absolute Gasteiger partial charge is 0.390 e. The Morgan fingerprint density at radius 3 is 2.85 bits per heavy atom. The molecule has 3 atom stereocenters. The van der Waals surface area contributed by atoms with Crippen LogP contribution in [-0.4, -0.2) is 43.4 Å². The summed E-state index contributed by atoms with van der Waals surface area (Å²) in [7, 11) is 0. The first kappa shape index (κ1) is 9.40. The van der Waals surface area contributed by atoms with Crippen molar-refractivity contribution in [3.05, 3.63) is 0 Å². The zero-order chi connectivity index (χ0) is 9.10. The number of hydrogen-bond donors (Lipinski definition) is 1. The quantitative estimate of drug-likeness (QED) is 0.676. The molecule has 2 aliphatic heterocycles. The smallest absolute Gasteiger partial charge is 0.158 e. The fourth-order valence-corrected chi connectivity index (χ4v) is 1.68. The molecule has 0 aromatic carbocycles. The van der Waals surface area contributed by atoms with Crippen molar-refractivity contribution in [2.75, 3.05) is 19.8 Å². The second-order valence-corrected chi connectivity index (χ2v) is 3.55. The predicted molar refractivity (Wildman–Crippen MR) is 45.3 cm³/mol. The van der Waals surface area contributed by atoms with Crippen molar-refractivity contribution >= 4 is 0 Å². The lowest BCUT2D eigenvalue weighted by Gasteiger charge is -2.29. The van der Waals surface area contributed by atoms with Gasteiger partial charge in [-0.25, -0.2) is 0 Å². The molecule has 0 radical (unpaired) electrons.